The number of hydrogen-bond donors (Lipinski definition) is 0. The van der Waals surface area contributed by atoms with Gasteiger partial charge in [-0.1, -0.05) is 0 Å². The molecule has 3 aromatic rings. The van der Waals surface area contributed by atoms with Gasteiger partial charge >= 0.3 is 6.01 Å². The van der Waals surface area contributed by atoms with Crippen LogP contribution in [0.2, 0.25) is 0 Å². The number of hydrogen-bond acceptors (Lipinski definition) is 5. The molecule has 0 N–H and O–H groups in total. The van der Waals surface area contributed by atoms with Crippen LogP contribution in [0, 0.1) is 27.7 Å². The first-order valence-electron chi connectivity index (χ1n) is 7.31. The van der Waals surface area contributed by atoms with Gasteiger partial charge in [0.1, 0.15) is 0 Å². The summed E-state index contributed by atoms with van der Waals surface area (Å²) < 4.78 is 7.45. The van der Waals surface area contributed by atoms with E-state index in [4.69, 9.17) is 4.74 Å². The van der Waals surface area contributed by atoms with Gasteiger partial charge in [-0.2, -0.15) is 10.2 Å². The molecule has 0 saturated heterocycles. The van der Waals surface area contributed by atoms with Crippen molar-refractivity contribution >= 4 is 10.8 Å². The molecule has 3 aromatic heterocycles. The Hall–Kier alpha value is -2.50. The molecule has 0 aliphatic carbocycles. The van der Waals surface area contributed by atoms with E-state index in [0.717, 1.165) is 39.2 Å². The molecule has 6 nitrogen and oxygen atoms in total. The Kier molecular flexibility index (Phi) is 3.52. The quantitative estimate of drug-likeness (QED) is 0.743. The van der Waals surface area contributed by atoms with E-state index >= 15 is 0 Å². The predicted molar refractivity (Wildman–Crippen MR) is 84.6 cm³/mol. The third-order valence-corrected chi connectivity index (χ3v) is 3.86. The Bertz CT molecular complexity index is 791. The minimum Gasteiger partial charge on any atom is -0.464 e. The summed E-state index contributed by atoms with van der Waals surface area (Å²) in [6.07, 6.45) is 3.56. The zero-order valence-corrected chi connectivity index (χ0v) is 13.5. The lowest BCUT2D eigenvalue weighted by Gasteiger charge is -2.09. The maximum absolute atomic E-state index is 5.30. The van der Waals surface area contributed by atoms with Crippen LogP contribution in [0.4, 0.5) is 0 Å². The van der Waals surface area contributed by atoms with E-state index in [1.54, 1.807) is 12.4 Å². The van der Waals surface area contributed by atoms with Gasteiger partial charge in [0.05, 0.1) is 36.1 Å². The molecule has 0 aliphatic rings. The molecule has 0 radical (unpaired) electrons. The lowest BCUT2D eigenvalue weighted by atomic mass is 10.1. The summed E-state index contributed by atoms with van der Waals surface area (Å²) in [5, 5.41) is 10.8. The molecular formula is C16H19N5O. The Morgan fingerprint density at radius 3 is 1.86 bits per heavy atom. The number of aromatic nitrogens is 5. The lowest BCUT2D eigenvalue weighted by molar-refractivity contribution is 0.312. The maximum Gasteiger partial charge on any atom is 0.316 e. The average molecular weight is 297 g/mol. The smallest absolute Gasteiger partial charge is 0.316 e. The van der Waals surface area contributed by atoms with Crippen molar-refractivity contribution in [2.45, 2.75) is 34.6 Å². The van der Waals surface area contributed by atoms with Crippen LogP contribution in [0.3, 0.4) is 0 Å². The molecule has 0 aromatic carbocycles. The van der Waals surface area contributed by atoms with Gasteiger partial charge in [0.15, 0.2) is 0 Å². The average Bonchev–Trinajstić information content (AvgIpc) is 2.77. The molecule has 0 unspecified atom stereocenters. The third kappa shape index (κ3) is 2.11. The molecule has 6 heteroatoms. The van der Waals surface area contributed by atoms with Gasteiger partial charge in [-0.25, -0.2) is 9.97 Å². The monoisotopic (exact) mass is 297 g/mol. The van der Waals surface area contributed by atoms with E-state index in [1.165, 1.54) is 0 Å². The molecule has 114 valence electrons. The van der Waals surface area contributed by atoms with Gasteiger partial charge in [-0.3, -0.25) is 0 Å². The fourth-order valence-corrected chi connectivity index (χ4v) is 2.99. The van der Waals surface area contributed by atoms with Crippen molar-refractivity contribution in [1.82, 2.24) is 24.7 Å². The van der Waals surface area contributed by atoms with E-state index in [0.29, 0.717) is 12.6 Å². The van der Waals surface area contributed by atoms with Crippen LogP contribution in [-0.4, -0.2) is 31.3 Å². The fraction of sp³-hybridized carbons (Fsp3) is 0.375. The summed E-state index contributed by atoms with van der Waals surface area (Å²) in [6.45, 7) is 10.6. The van der Waals surface area contributed by atoms with Gasteiger partial charge in [0, 0.05) is 22.2 Å². The van der Waals surface area contributed by atoms with Gasteiger partial charge < -0.3 is 9.30 Å². The third-order valence-electron chi connectivity index (χ3n) is 3.86. The van der Waals surface area contributed by atoms with Crippen LogP contribution in [0.5, 0.6) is 6.01 Å². The van der Waals surface area contributed by atoms with Crippen molar-refractivity contribution in [1.29, 1.82) is 0 Å². The molecule has 0 spiro atoms. The van der Waals surface area contributed by atoms with Crippen molar-refractivity contribution in [3.05, 3.63) is 35.2 Å². The second-order valence-electron chi connectivity index (χ2n) is 5.28. The topological polar surface area (TPSA) is 65.7 Å². The van der Waals surface area contributed by atoms with Crippen molar-refractivity contribution in [3.63, 3.8) is 0 Å². The Morgan fingerprint density at radius 1 is 0.909 bits per heavy atom. The zero-order valence-electron chi connectivity index (χ0n) is 13.5. The predicted octanol–water partition coefficient (Wildman–Crippen LogP) is 2.84. The Labute approximate surface area is 129 Å². The van der Waals surface area contributed by atoms with Gasteiger partial charge in [-0.15, -0.1) is 0 Å². The highest BCUT2D eigenvalue weighted by Gasteiger charge is 2.17. The second kappa shape index (κ2) is 5.36. The summed E-state index contributed by atoms with van der Waals surface area (Å²) in [7, 11) is 0. The van der Waals surface area contributed by atoms with E-state index in [-0.39, 0.29) is 0 Å². The molecule has 0 amide bonds. The molecular weight excluding hydrogens is 278 g/mol. The number of ether oxygens (including phenoxy) is 1. The second-order valence-corrected chi connectivity index (χ2v) is 5.28. The standard InChI is InChI=1S/C16H19N5O/c1-6-22-16-17-7-13(8-18-16)21-11(4)14-9(2)19-20-10(3)15(14)12(21)5/h7-8H,6H2,1-5H3. The number of nitrogens with zero attached hydrogens (tertiary/aromatic N) is 5. The van der Waals surface area contributed by atoms with Crippen molar-refractivity contribution < 1.29 is 4.74 Å². The number of rotatable bonds is 3. The molecule has 3 rings (SSSR count). The summed E-state index contributed by atoms with van der Waals surface area (Å²) >= 11 is 0. The summed E-state index contributed by atoms with van der Waals surface area (Å²) in [4.78, 5) is 8.51. The lowest BCUT2D eigenvalue weighted by Crippen LogP contribution is -2.03. The highest BCUT2D eigenvalue weighted by atomic mass is 16.5. The van der Waals surface area contributed by atoms with Crippen LogP contribution in [0.1, 0.15) is 29.7 Å². The number of fused-ring (bicyclic) bond motifs is 1. The van der Waals surface area contributed by atoms with E-state index in [9.17, 15) is 0 Å². The van der Waals surface area contributed by atoms with Gasteiger partial charge in [0.2, 0.25) is 0 Å². The fourth-order valence-electron chi connectivity index (χ4n) is 2.99. The Morgan fingerprint density at radius 2 is 1.41 bits per heavy atom. The molecule has 0 fully saturated rings. The summed E-state index contributed by atoms with van der Waals surface area (Å²) in [6, 6.07) is 0.397. The molecule has 3 heterocycles. The maximum atomic E-state index is 5.30. The summed E-state index contributed by atoms with van der Waals surface area (Å²) in [5.41, 5.74) is 5.03. The van der Waals surface area contributed by atoms with Crippen LogP contribution in [0.25, 0.3) is 16.5 Å². The van der Waals surface area contributed by atoms with Crippen molar-refractivity contribution in [3.8, 4) is 11.7 Å². The molecule has 0 atom stereocenters. The first kappa shape index (κ1) is 14.4. The highest BCUT2D eigenvalue weighted by molar-refractivity contribution is 5.92. The largest absolute Gasteiger partial charge is 0.464 e. The van der Waals surface area contributed by atoms with Crippen LogP contribution in [-0.2, 0) is 0 Å². The molecule has 0 saturated carbocycles. The molecule has 0 bridgehead atoms. The first-order valence-corrected chi connectivity index (χ1v) is 7.31. The Balaban J connectivity index is 2.23. The van der Waals surface area contributed by atoms with Gasteiger partial charge in [-0.05, 0) is 34.6 Å². The number of aryl methyl sites for hydroxylation is 4. The van der Waals surface area contributed by atoms with Crippen molar-refractivity contribution in [2.75, 3.05) is 6.61 Å². The van der Waals surface area contributed by atoms with E-state index < -0.39 is 0 Å². The molecule has 0 aliphatic heterocycles. The van der Waals surface area contributed by atoms with Crippen molar-refractivity contribution in [2.24, 2.45) is 0 Å². The van der Waals surface area contributed by atoms with Gasteiger partial charge in [0.25, 0.3) is 0 Å². The SMILES string of the molecule is CCOc1ncc(-n2c(C)c3c(C)nnc(C)c3c2C)cn1. The summed E-state index contributed by atoms with van der Waals surface area (Å²) in [5.74, 6) is 0. The van der Waals surface area contributed by atoms with E-state index in [1.807, 2.05) is 20.8 Å². The first-order chi connectivity index (χ1) is 10.5. The minimum atomic E-state index is 0.397. The molecule has 22 heavy (non-hydrogen) atoms. The normalized spacial score (nSPS) is 11.1. The zero-order chi connectivity index (χ0) is 15.9. The van der Waals surface area contributed by atoms with Crippen LogP contribution in [0.15, 0.2) is 12.4 Å². The van der Waals surface area contributed by atoms with Crippen LogP contribution >= 0.6 is 0 Å². The van der Waals surface area contributed by atoms with Crippen LogP contribution < -0.4 is 4.74 Å². The van der Waals surface area contributed by atoms with E-state index in [2.05, 4.69) is 38.6 Å². The minimum absolute atomic E-state index is 0.397. The highest BCUT2D eigenvalue weighted by Crippen LogP contribution is 2.31.